The normalized spacial score (nSPS) is 26.9. The van der Waals surface area contributed by atoms with Crippen LogP contribution in [-0.4, -0.2) is 86.6 Å². The first-order valence-electron chi connectivity index (χ1n) is 11.3. The first-order valence-corrected chi connectivity index (χ1v) is 12.9. The Balaban J connectivity index is 0.00000272. The van der Waals surface area contributed by atoms with Crippen LogP contribution in [0.4, 0.5) is 0 Å². The van der Waals surface area contributed by atoms with E-state index < -0.39 is 10.0 Å². The van der Waals surface area contributed by atoms with Gasteiger partial charge in [0.2, 0.25) is 10.0 Å². The zero-order chi connectivity index (χ0) is 21.0. The molecule has 1 aromatic carbocycles. The van der Waals surface area contributed by atoms with Gasteiger partial charge in [0.15, 0.2) is 5.96 Å². The van der Waals surface area contributed by atoms with Crippen LogP contribution in [-0.2, 0) is 16.6 Å². The van der Waals surface area contributed by atoms with E-state index in [1.54, 1.807) is 4.31 Å². The second-order valence-electron chi connectivity index (χ2n) is 8.70. The zero-order valence-corrected chi connectivity index (χ0v) is 21.6. The number of hydrogen-bond donors (Lipinski definition) is 1. The molecule has 31 heavy (non-hydrogen) atoms. The van der Waals surface area contributed by atoms with Crippen molar-refractivity contribution in [3.05, 3.63) is 35.9 Å². The fraction of sp³-hybridized carbons (Fsp3) is 0.682. The van der Waals surface area contributed by atoms with Crippen LogP contribution in [0.1, 0.15) is 31.2 Å². The van der Waals surface area contributed by atoms with E-state index in [4.69, 9.17) is 0 Å². The van der Waals surface area contributed by atoms with Gasteiger partial charge in [0.1, 0.15) is 0 Å². The monoisotopic (exact) mass is 561 g/mol. The minimum absolute atomic E-state index is 0. The standard InChI is InChI=1S/C22H35N5O2S.HI/c1-23-22(24-11-15-27-13-6-16-30(27,28)29)26-14-10-21-20(18-26)9-5-12-25(21)17-19-7-3-2-4-8-19;/h2-4,7-8,20-21H,5-6,9-18H2,1H3,(H,23,24);1H. The molecule has 9 heteroatoms. The Morgan fingerprint density at radius 2 is 1.94 bits per heavy atom. The number of aliphatic imine (C=N–C) groups is 1. The number of likely N-dealkylation sites (tertiary alicyclic amines) is 2. The van der Waals surface area contributed by atoms with Crippen LogP contribution in [0.5, 0.6) is 0 Å². The van der Waals surface area contributed by atoms with E-state index in [9.17, 15) is 8.42 Å². The Morgan fingerprint density at radius 1 is 1.13 bits per heavy atom. The lowest BCUT2D eigenvalue weighted by Crippen LogP contribution is -2.57. The van der Waals surface area contributed by atoms with Crippen molar-refractivity contribution < 1.29 is 8.42 Å². The fourth-order valence-corrected chi connectivity index (χ4v) is 6.81. The molecule has 4 rings (SSSR count). The highest BCUT2D eigenvalue weighted by Gasteiger charge is 2.36. The first kappa shape index (κ1) is 24.7. The van der Waals surface area contributed by atoms with Crippen LogP contribution in [0.3, 0.4) is 0 Å². The van der Waals surface area contributed by atoms with Gasteiger partial charge in [0, 0.05) is 52.4 Å². The van der Waals surface area contributed by atoms with Crippen LogP contribution >= 0.6 is 24.0 Å². The smallest absolute Gasteiger partial charge is 0.214 e. The summed E-state index contributed by atoms with van der Waals surface area (Å²) in [6.45, 7) is 6.02. The second kappa shape index (κ2) is 11.3. The summed E-state index contributed by atoms with van der Waals surface area (Å²) in [6, 6.07) is 11.4. The molecule has 1 N–H and O–H groups in total. The highest BCUT2D eigenvalue weighted by atomic mass is 127. The van der Waals surface area contributed by atoms with E-state index in [1.807, 2.05) is 7.05 Å². The van der Waals surface area contributed by atoms with Gasteiger partial charge in [-0.3, -0.25) is 9.89 Å². The van der Waals surface area contributed by atoms with E-state index in [-0.39, 0.29) is 29.7 Å². The Morgan fingerprint density at radius 3 is 2.65 bits per heavy atom. The van der Waals surface area contributed by atoms with Crippen molar-refractivity contribution in [3.8, 4) is 0 Å². The molecule has 0 aromatic heterocycles. The summed E-state index contributed by atoms with van der Waals surface area (Å²) in [6.07, 6.45) is 4.42. The van der Waals surface area contributed by atoms with Gasteiger partial charge < -0.3 is 10.2 Å². The molecule has 174 valence electrons. The number of sulfonamides is 1. The Labute approximate surface area is 204 Å². The lowest BCUT2D eigenvalue weighted by Gasteiger charge is -2.48. The van der Waals surface area contributed by atoms with Crippen LogP contribution in [0.25, 0.3) is 0 Å². The molecule has 7 nitrogen and oxygen atoms in total. The number of hydrogen-bond acceptors (Lipinski definition) is 4. The number of halogens is 1. The minimum atomic E-state index is -3.03. The summed E-state index contributed by atoms with van der Waals surface area (Å²) in [5, 5.41) is 3.41. The minimum Gasteiger partial charge on any atom is -0.355 e. The number of piperidine rings is 2. The topological polar surface area (TPSA) is 68.2 Å². The molecule has 2 atom stereocenters. The zero-order valence-electron chi connectivity index (χ0n) is 18.4. The molecular weight excluding hydrogens is 525 g/mol. The maximum atomic E-state index is 12.0. The van der Waals surface area contributed by atoms with Crippen molar-refractivity contribution in [2.75, 3.05) is 52.1 Å². The summed E-state index contributed by atoms with van der Waals surface area (Å²) >= 11 is 0. The average molecular weight is 562 g/mol. The SMILES string of the molecule is CN=C(NCCN1CCCS1(=O)=O)N1CCC2C(CCCN2Cc2ccccc2)C1.I. The summed E-state index contributed by atoms with van der Waals surface area (Å²) in [5.74, 6) is 1.86. The predicted octanol–water partition coefficient (Wildman–Crippen LogP) is 2.20. The molecule has 3 fully saturated rings. The van der Waals surface area contributed by atoms with Gasteiger partial charge in [0.25, 0.3) is 0 Å². The molecule has 1 aromatic rings. The number of benzene rings is 1. The molecule has 3 heterocycles. The van der Waals surface area contributed by atoms with Crippen LogP contribution in [0.2, 0.25) is 0 Å². The maximum Gasteiger partial charge on any atom is 0.214 e. The van der Waals surface area contributed by atoms with Gasteiger partial charge in [0.05, 0.1) is 5.75 Å². The van der Waals surface area contributed by atoms with E-state index in [0.29, 0.717) is 31.6 Å². The summed E-state index contributed by atoms with van der Waals surface area (Å²) in [5.41, 5.74) is 1.40. The average Bonchev–Trinajstić information content (AvgIpc) is 3.10. The fourth-order valence-electron chi connectivity index (χ4n) is 5.28. The van der Waals surface area contributed by atoms with Gasteiger partial charge in [-0.05, 0) is 43.7 Å². The second-order valence-corrected chi connectivity index (χ2v) is 10.8. The van der Waals surface area contributed by atoms with Crippen molar-refractivity contribution in [3.63, 3.8) is 0 Å². The van der Waals surface area contributed by atoms with Crippen molar-refractivity contribution in [1.29, 1.82) is 0 Å². The Bertz CT molecular complexity index is 836. The Kier molecular flexibility index (Phi) is 9.01. The van der Waals surface area contributed by atoms with E-state index in [1.165, 1.54) is 24.9 Å². The third-order valence-corrected chi connectivity index (χ3v) is 8.73. The van der Waals surface area contributed by atoms with Crippen LogP contribution in [0, 0.1) is 5.92 Å². The van der Waals surface area contributed by atoms with E-state index >= 15 is 0 Å². The number of fused-ring (bicyclic) bond motifs is 1. The predicted molar refractivity (Wildman–Crippen MR) is 136 cm³/mol. The van der Waals surface area contributed by atoms with Crippen molar-refractivity contribution in [2.24, 2.45) is 10.9 Å². The molecule has 0 spiro atoms. The molecule has 0 radical (unpaired) electrons. The van der Waals surface area contributed by atoms with E-state index in [2.05, 4.69) is 50.4 Å². The number of nitrogens with one attached hydrogen (secondary N) is 1. The highest BCUT2D eigenvalue weighted by molar-refractivity contribution is 14.0. The van der Waals surface area contributed by atoms with Gasteiger partial charge in [-0.2, -0.15) is 0 Å². The molecule has 0 aliphatic carbocycles. The largest absolute Gasteiger partial charge is 0.355 e. The molecule has 3 saturated heterocycles. The lowest BCUT2D eigenvalue weighted by atomic mass is 9.83. The number of guanidine groups is 1. The van der Waals surface area contributed by atoms with Gasteiger partial charge in [-0.15, -0.1) is 24.0 Å². The number of nitrogens with zero attached hydrogens (tertiary/aromatic N) is 4. The molecule has 0 saturated carbocycles. The quantitative estimate of drug-likeness (QED) is 0.339. The first-order chi connectivity index (χ1) is 14.6. The number of rotatable bonds is 5. The molecule has 2 unspecified atom stereocenters. The Hall–Kier alpha value is -0.910. The summed E-state index contributed by atoms with van der Waals surface area (Å²) in [4.78, 5) is 9.53. The molecular formula is C22H36IN5O2S. The molecule has 0 amide bonds. The highest BCUT2D eigenvalue weighted by Crippen LogP contribution is 2.31. The molecule has 3 aliphatic rings. The van der Waals surface area contributed by atoms with Gasteiger partial charge in [-0.25, -0.2) is 12.7 Å². The van der Waals surface area contributed by atoms with Gasteiger partial charge >= 0.3 is 0 Å². The summed E-state index contributed by atoms with van der Waals surface area (Å²) in [7, 11) is -1.21. The third kappa shape index (κ3) is 6.11. The summed E-state index contributed by atoms with van der Waals surface area (Å²) < 4.78 is 25.6. The van der Waals surface area contributed by atoms with Crippen molar-refractivity contribution >= 4 is 40.0 Å². The maximum absolute atomic E-state index is 12.0. The van der Waals surface area contributed by atoms with Gasteiger partial charge in [-0.1, -0.05) is 30.3 Å². The van der Waals surface area contributed by atoms with Crippen LogP contribution < -0.4 is 5.32 Å². The van der Waals surface area contributed by atoms with Crippen molar-refractivity contribution in [2.45, 2.75) is 38.3 Å². The van der Waals surface area contributed by atoms with E-state index in [0.717, 1.165) is 38.4 Å². The van der Waals surface area contributed by atoms with Crippen LogP contribution in [0.15, 0.2) is 35.3 Å². The molecule has 0 bridgehead atoms. The van der Waals surface area contributed by atoms with Crippen molar-refractivity contribution in [1.82, 2.24) is 19.4 Å². The lowest BCUT2D eigenvalue weighted by molar-refractivity contribution is 0.0372. The molecule has 3 aliphatic heterocycles. The third-order valence-electron chi connectivity index (χ3n) is 6.77.